The Hall–Kier alpha value is -3.41. The van der Waals surface area contributed by atoms with Crippen molar-refractivity contribution in [2.24, 2.45) is 0 Å². The predicted molar refractivity (Wildman–Crippen MR) is 108 cm³/mol. The third kappa shape index (κ3) is 4.90. The number of rotatable bonds is 3. The lowest BCUT2D eigenvalue weighted by atomic mass is 10.0. The molecule has 1 N–H and O–H groups in total. The van der Waals surface area contributed by atoms with Crippen LogP contribution in [0.2, 0.25) is 0 Å². The summed E-state index contributed by atoms with van der Waals surface area (Å²) in [6.07, 6.45) is 1.02. The Kier molecular flexibility index (Phi) is 5.55. The molecule has 0 aliphatic carbocycles. The fourth-order valence-electron chi connectivity index (χ4n) is 3.29. The molecule has 1 aromatic carbocycles. The molecule has 29 heavy (non-hydrogen) atoms. The lowest BCUT2D eigenvalue weighted by molar-refractivity contribution is -0.384. The summed E-state index contributed by atoms with van der Waals surface area (Å²) in [4.78, 5) is 29.1. The van der Waals surface area contributed by atoms with Gasteiger partial charge in [0, 0.05) is 36.7 Å². The summed E-state index contributed by atoms with van der Waals surface area (Å²) in [5, 5.41) is 23.8. The zero-order chi connectivity index (χ0) is 21.2. The van der Waals surface area contributed by atoms with Gasteiger partial charge in [0.2, 0.25) is 0 Å². The van der Waals surface area contributed by atoms with E-state index in [0.717, 1.165) is 12.8 Å². The molecule has 1 fully saturated rings. The van der Waals surface area contributed by atoms with Crippen molar-refractivity contribution in [3.63, 3.8) is 0 Å². The molecule has 3 rings (SSSR count). The predicted octanol–water partition coefficient (Wildman–Crippen LogP) is 3.51. The third-order valence-corrected chi connectivity index (χ3v) is 4.65. The van der Waals surface area contributed by atoms with Gasteiger partial charge >= 0.3 is 6.09 Å². The molecule has 1 saturated heterocycles. The van der Waals surface area contributed by atoms with Crippen LogP contribution < -0.4 is 10.2 Å². The molecule has 0 radical (unpaired) electrons. The first-order chi connectivity index (χ1) is 13.7. The molecule has 0 atom stereocenters. The SMILES string of the molecule is CC(C)(C)OC(=O)NC1CCN(c2cc(C#N)c3cc([N+](=O)[O-])ccc3n2)CC1. The van der Waals surface area contributed by atoms with Crippen molar-refractivity contribution in [2.75, 3.05) is 18.0 Å². The van der Waals surface area contributed by atoms with Gasteiger partial charge in [-0.1, -0.05) is 0 Å². The number of aromatic nitrogens is 1. The summed E-state index contributed by atoms with van der Waals surface area (Å²) < 4.78 is 5.30. The monoisotopic (exact) mass is 397 g/mol. The molecule has 2 aromatic rings. The normalized spacial score (nSPS) is 15.0. The van der Waals surface area contributed by atoms with E-state index < -0.39 is 16.6 Å². The molecule has 0 spiro atoms. The van der Waals surface area contributed by atoms with Crippen LogP contribution in [0.25, 0.3) is 10.9 Å². The number of carbonyl (C=O) groups excluding carboxylic acids is 1. The van der Waals surface area contributed by atoms with E-state index in [-0.39, 0.29) is 11.7 Å². The molecule has 0 saturated carbocycles. The maximum Gasteiger partial charge on any atom is 0.407 e. The number of alkyl carbamates (subject to hydrolysis) is 1. The molecular weight excluding hydrogens is 374 g/mol. The number of carbonyl (C=O) groups is 1. The van der Waals surface area contributed by atoms with Crippen LogP contribution in [0.4, 0.5) is 16.3 Å². The van der Waals surface area contributed by atoms with Crippen LogP contribution in [0, 0.1) is 21.4 Å². The van der Waals surface area contributed by atoms with Gasteiger partial charge in [-0.3, -0.25) is 10.1 Å². The Morgan fingerprint density at radius 2 is 2.03 bits per heavy atom. The number of nitrogens with zero attached hydrogens (tertiary/aromatic N) is 4. The summed E-state index contributed by atoms with van der Waals surface area (Å²) in [6.45, 7) is 6.79. The maximum atomic E-state index is 11.9. The second kappa shape index (κ2) is 7.91. The van der Waals surface area contributed by atoms with Gasteiger partial charge in [-0.15, -0.1) is 0 Å². The lowest BCUT2D eigenvalue weighted by Crippen LogP contribution is -2.46. The Balaban J connectivity index is 1.72. The maximum absolute atomic E-state index is 11.9. The number of piperidine rings is 1. The minimum Gasteiger partial charge on any atom is -0.444 e. The average molecular weight is 397 g/mol. The third-order valence-electron chi connectivity index (χ3n) is 4.65. The Morgan fingerprint density at radius 3 is 2.62 bits per heavy atom. The molecule has 1 amide bonds. The van der Waals surface area contributed by atoms with E-state index >= 15 is 0 Å². The number of non-ortho nitro benzene ring substituents is 1. The Labute approximate surface area is 168 Å². The molecule has 0 unspecified atom stereocenters. The van der Waals surface area contributed by atoms with Crippen LogP contribution in [-0.2, 0) is 4.74 Å². The van der Waals surface area contributed by atoms with Gasteiger partial charge in [-0.2, -0.15) is 5.26 Å². The number of fused-ring (bicyclic) bond motifs is 1. The molecule has 2 heterocycles. The number of nitriles is 1. The number of hydrogen-bond donors (Lipinski definition) is 1. The number of nitrogens with one attached hydrogen (secondary N) is 1. The minimum atomic E-state index is -0.539. The van der Waals surface area contributed by atoms with Gasteiger partial charge < -0.3 is 15.0 Å². The number of benzene rings is 1. The van der Waals surface area contributed by atoms with Crippen LogP contribution >= 0.6 is 0 Å². The van der Waals surface area contributed by atoms with Crippen molar-refractivity contribution in [1.29, 1.82) is 5.26 Å². The Bertz CT molecular complexity index is 985. The minimum absolute atomic E-state index is 0.0136. The van der Waals surface area contributed by atoms with Crippen molar-refractivity contribution in [3.05, 3.63) is 39.9 Å². The second-order valence-electron chi connectivity index (χ2n) is 8.01. The van der Waals surface area contributed by atoms with Gasteiger partial charge in [-0.25, -0.2) is 9.78 Å². The largest absolute Gasteiger partial charge is 0.444 e. The van der Waals surface area contributed by atoms with E-state index in [2.05, 4.69) is 21.3 Å². The molecule has 1 aliphatic rings. The van der Waals surface area contributed by atoms with E-state index in [9.17, 15) is 20.2 Å². The number of amides is 1. The molecule has 9 heteroatoms. The van der Waals surface area contributed by atoms with Gasteiger partial charge in [-0.05, 0) is 45.7 Å². The fourth-order valence-corrected chi connectivity index (χ4v) is 3.29. The molecule has 1 aromatic heterocycles. The first-order valence-corrected chi connectivity index (χ1v) is 9.40. The van der Waals surface area contributed by atoms with E-state index in [1.807, 2.05) is 20.8 Å². The van der Waals surface area contributed by atoms with Crippen molar-refractivity contribution in [3.8, 4) is 6.07 Å². The number of nitro groups is 1. The van der Waals surface area contributed by atoms with E-state index in [0.29, 0.717) is 35.4 Å². The number of pyridine rings is 1. The fraction of sp³-hybridized carbons (Fsp3) is 0.450. The van der Waals surface area contributed by atoms with Crippen molar-refractivity contribution in [2.45, 2.75) is 45.3 Å². The zero-order valence-electron chi connectivity index (χ0n) is 16.6. The summed E-state index contributed by atoms with van der Waals surface area (Å²) in [7, 11) is 0. The molecule has 9 nitrogen and oxygen atoms in total. The van der Waals surface area contributed by atoms with E-state index in [1.54, 1.807) is 12.1 Å². The summed E-state index contributed by atoms with van der Waals surface area (Å²) in [5.74, 6) is 0.652. The smallest absolute Gasteiger partial charge is 0.407 e. The summed E-state index contributed by atoms with van der Waals surface area (Å²) in [5.41, 5.74) is 0.279. The van der Waals surface area contributed by atoms with E-state index in [4.69, 9.17) is 4.74 Å². The van der Waals surface area contributed by atoms with Crippen molar-refractivity contribution in [1.82, 2.24) is 10.3 Å². The standard InChI is InChI=1S/C20H23N5O4/c1-20(2,3)29-19(26)22-14-6-8-24(9-7-14)18-10-13(12-21)16-11-15(25(27)28)4-5-17(16)23-18/h4-5,10-11,14H,6-9H2,1-3H3,(H,22,26). The quantitative estimate of drug-likeness (QED) is 0.621. The van der Waals surface area contributed by atoms with Gasteiger partial charge in [0.15, 0.2) is 0 Å². The van der Waals surface area contributed by atoms with E-state index in [1.165, 1.54) is 12.1 Å². The highest BCUT2D eigenvalue weighted by Crippen LogP contribution is 2.27. The molecule has 152 valence electrons. The highest BCUT2D eigenvalue weighted by molar-refractivity contribution is 5.88. The topological polar surface area (TPSA) is 121 Å². The van der Waals surface area contributed by atoms with Crippen LogP contribution in [0.1, 0.15) is 39.2 Å². The lowest BCUT2D eigenvalue weighted by Gasteiger charge is -2.33. The van der Waals surface area contributed by atoms with Crippen molar-refractivity contribution >= 4 is 28.5 Å². The molecular formula is C20H23N5O4. The van der Waals surface area contributed by atoms with Crippen molar-refractivity contribution < 1.29 is 14.5 Å². The number of ether oxygens (including phenoxy) is 1. The zero-order valence-corrected chi connectivity index (χ0v) is 16.6. The van der Waals surface area contributed by atoms with Gasteiger partial charge in [0.25, 0.3) is 5.69 Å². The van der Waals surface area contributed by atoms with Crippen LogP contribution in [0.3, 0.4) is 0 Å². The summed E-state index contributed by atoms with van der Waals surface area (Å²) in [6, 6.07) is 8.11. The van der Waals surface area contributed by atoms with Crippen LogP contribution in [0.5, 0.6) is 0 Å². The first-order valence-electron chi connectivity index (χ1n) is 9.40. The average Bonchev–Trinajstić information content (AvgIpc) is 2.65. The van der Waals surface area contributed by atoms with Crippen LogP contribution in [-0.4, -0.2) is 40.7 Å². The molecule has 1 aliphatic heterocycles. The molecule has 0 bridgehead atoms. The van der Waals surface area contributed by atoms with Gasteiger partial charge in [0.05, 0.1) is 22.1 Å². The van der Waals surface area contributed by atoms with Crippen LogP contribution in [0.15, 0.2) is 24.3 Å². The second-order valence-corrected chi connectivity index (χ2v) is 8.01. The highest BCUT2D eigenvalue weighted by atomic mass is 16.6. The van der Waals surface area contributed by atoms with Gasteiger partial charge in [0.1, 0.15) is 11.4 Å². The first kappa shape index (κ1) is 20.3. The number of nitro benzene ring substituents is 1. The number of anilines is 1. The Morgan fingerprint density at radius 1 is 1.34 bits per heavy atom. The number of hydrogen-bond acceptors (Lipinski definition) is 7. The summed E-state index contributed by atoms with van der Waals surface area (Å²) >= 11 is 0. The highest BCUT2D eigenvalue weighted by Gasteiger charge is 2.25.